The van der Waals surface area contributed by atoms with Crippen molar-refractivity contribution in [2.45, 2.75) is 26.3 Å². The van der Waals surface area contributed by atoms with Crippen LogP contribution in [0.25, 0.3) is 11.0 Å². The highest BCUT2D eigenvalue weighted by Gasteiger charge is 2.29. The number of hydrogen-bond acceptors (Lipinski definition) is 4. The van der Waals surface area contributed by atoms with Crippen LogP contribution in [0.1, 0.15) is 20.3 Å². The van der Waals surface area contributed by atoms with Crippen molar-refractivity contribution in [1.29, 1.82) is 0 Å². The molecule has 2 atom stereocenters. The quantitative estimate of drug-likeness (QED) is 0.946. The van der Waals surface area contributed by atoms with Crippen molar-refractivity contribution in [3.8, 4) is 0 Å². The van der Waals surface area contributed by atoms with Crippen LogP contribution in [0.15, 0.2) is 18.6 Å². The van der Waals surface area contributed by atoms with Crippen LogP contribution in [0.2, 0.25) is 0 Å². The summed E-state index contributed by atoms with van der Waals surface area (Å²) in [5.74, 6) is 1.72. The van der Waals surface area contributed by atoms with Crippen molar-refractivity contribution in [3.63, 3.8) is 0 Å². The molecule has 1 fully saturated rings. The van der Waals surface area contributed by atoms with Crippen LogP contribution in [-0.4, -0.2) is 52.6 Å². The monoisotopic (exact) mass is 309 g/mol. The van der Waals surface area contributed by atoms with Crippen molar-refractivity contribution in [2.24, 2.45) is 5.92 Å². The minimum absolute atomic E-state index is 0. The van der Waals surface area contributed by atoms with Crippen LogP contribution < -0.4 is 4.90 Å². The topological polar surface area (TPSA) is 48.1 Å². The number of likely N-dealkylation sites (N-methyl/N-ethyl adjacent to an activating group) is 2. The lowest BCUT2D eigenvalue weighted by atomic mass is 9.92. The smallest absolute Gasteiger partial charge is 0.142 e. The molecular formula is C15H24ClN5. The number of piperidine rings is 1. The summed E-state index contributed by atoms with van der Waals surface area (Å²) in [6.45, 7) is 8.04. The third-order valence-electron chi connectivity index (χ3n) is 4.61. The van der Waals surface area contributed by atoms with Crippen molar-refractivity contribution in [2.75, 3.05) is 31.6 Å². The highest BCUT2D eigenvalue weighted by molar-refractivity contribution is 5.87. The Bertz CT molecular complexity index is 584. The van der Waals surface area contributed by atoms with E-state index in [9.17, 15) is 0 Å². The molecule has 0 saturated carbocycles. The lowest BCUT2D eigenvalue weighted by molar-refractivity contribution is 0.173. The average molecular weight is 310 g/mol. The number of aromatic nitrogens is 3. The summed E-state index contributed by atoms with van der Waals surface area (Å²) < 4.78 is 0. The SMILES string of the molecule is CCN1CC[C@@H](C)[C@@H](N(C)c2ncnc3[nH]ccc23)C1.Cl. The molecule has 0 aromatic carbocycles. The van der Waals surface area contributed by atoms with Gasteiger partial charge in [0.1, 0.15) is 17.8 Å². The van der Waals surface area contributed by atoms with Crippen LogP contribution in [0.3, 0.4) is 0 Å². The number of fused-ring (bicyclic) bond motifs is 1. The molecule has 2 aromatic heterocycles. The number of anilines is 1. The normalized spacial score (nSPS) is 23.0. The molecule has 21 heavy (non-hydrogen) atoms. The minimum Gasteiger partial charge on any atom is -0.354 e. The lowest BCUT2D eigenvalue weighted by Gasteiger charge is -2.42. The summed E-state index contributed by atoms with van der Waals surface area (Å²) in [7, 11) is 2.16. The van der Waals surface area contributed by atoms with E-state index >= 15 is 0 Å². The van der Waals surface area contributed by atoms with Gasteiger partial charge >= 0.3 is 0 Å². The second-order valence-electron chi connectivity index (χ2n) is 5.77. The Hall–Kier alpha value is -1.33. The summed E-state index contributed by atoms with van der Waals surface area (Å²) in [5.41, 5.74) is 0.915. The molecular weight excluding hydrogens is 286 g/mol. The molecule has 0 radical (unpaired) electrons. The second-order valence-corrected chi connectivity index (χ2v) is 5.77. The average Bonchev–Trinajstić information content (AvgIpc) is 2.95. The Balaban J connectivity index is 0.00000161. The first kappa shape index (κ1) is 16.0. The van der Waals surface area contributed by atoms with Crippen LogP contribution in [0.4, 0.5) is 5.82 Å². The standard InChI is InChI=1S/C15H23N5.ClH/c1-4-20-8-6-11(2)13(9-20)19(3)15-12-5-7-16-14(12)17-10-18-15;/h5,7,10-11,13H,4,6,8-9H2,1-3H3,(H,16,17,18);1H/t11-,13+;/m1./s1. The van der Waals surface area contributed by atoms with Crippen LogP contribution in [0.5, 0.6) is 0 Å². The van der Waals surface area contributed by atoms with Crippen molar-refractivity contribution in [1.82, 2.24) is 19.9 Å². The predicted octanol–water partition coefficient (Wildman–Crippen LogP) is 2.55. The number of H-pyrrole nitrogens is 1. The molecule has 3 rings (SSSR count). The Morgan fingerprint density at radius 1 is 1.43 bits per heavy atom. The van der Waals surface area contributed by atoms with Crippen LogP contribution in [-0.2, 0) is 0 Å². The van der Waals surface area contributed by atoms with Gasteiger partial charge in [-0.1, -0.05) is 13.8 Å². The largest absolute Gasteiger partial charge is 0.354 e. The summed E-state index contributed by atoms with van der Waals surface area (Å²) in [6, 6.07) is 2.57. The molecule has 0 unspecified atom stereocenters. The molecule has 0 bridgehead atoms. The van der Waals surface area contributed by atoms with Crippen LogP contribution >= 0.6 is 12.4 Å². The zero-order valence-corrected chi connectivity index (χ0v) is 13.7. The van der Waals surface area contributed by atoms with Gasteiger partial charge < -0.3 is 14.8 Å². The van der Waals surface area contributed by atoms with Gasteiger partial charge in [-0.05, 0) is 31.5 Å². The zero-order chi connectivity index (χ0) is 14.1. The fourth-order valence-electron chi connectivity index (χ4n) is 3.20. The van der Waals surface area contributed by atoms with E-state index in [1.807, 2.05) is 6.20 Å². The fraction of sp³-hybridized carbons (Fsp3) is 0.600. The van der Waals surface area contributed by atoms with E-state index < -0.39 is 0 Å². The van der Waals surface area contributed by atoms with Gasteiger partial charge in [0.15, 0.2) is 0 Å². The molecule has 5 nitrogen and oxygen atoms in total. The first-order valence-electron chi connectivity index (χ1n) is 7.44. The van der Waals surface area contributed by atoms with Gasteiger partial charge in [-0.3, -0.25) is 0 Å². The molecule has 1 N–H and O–H groups in total. The number of nitrogens with one attached hydrogen (secondary N) is 1. The van der Waals surface area contributed by atoms with Gasteiger partial charge in [0.05, 0.1) is 5.39 Å². The molecule has 1 aliphatic rings. The maximum atomic E-state index is 4.52. The Morgan fingerprint density at radius 2 is 2.24 bits per heavy atom. The van der Waals surface area contributed by atoms with Gasteiger partial charge in [-0.25, -0.2) is 9.97 Å². The Labute approximate surface area is 132 Å². The van der Waals surface area contributed by atoms with Gasteiger partial charge in [0.25, 0.3) is 0 Å². The van der Waals surface area contributed by atoms with E-state index in [0.717, 1.165) is 29.9 Å². The highest BCUT2D eigenvalue weighted by Crippen LogP contribution is 2.28. The van der Waals surface area contributed by atoms with Crippen molar-refractivity contribution in [3.05, 3.63) is 18.6 Å². The lowest BCUT2D eigenvalue weighted by Crippen LogP contribution is -2.51. The molecule has 1 aliphatic heterocycles. The number of rotatable bonds is 3. The summed E-state index contributed by atoms with van der Waals surface area (Å²) >= 11 is 0. The summed E-state index contributed by atoms with van der Waals surface area (Å²) in [6.07, 6.45) is 4.83. The number of aromatic amines is 1. The Morgan fingerprint density at radius 3 is 3.00 bits per heavy atom. The first-order chi connectivity index (χ1) is 9.70. The van der Waals surface area contributed by atoms with Gasteiger partial charge in [-0.2, -0.15) is 0 Å². The van der Waals surface area contributed by atoms with E-state index in [4.69, 9.17) is 0 Å². The zero-order valence-electron chi connectivity index (χ0n) is 12.9. The molecule has 2 aromatic rings. The predicted molar refractivity (Wildman–Crippen MR) is 89.2 cm³/mol. The summed E-state index contributed by atoms with van der Waals surface area (Å²) in [4.78, 5) is 16.8. The van der Waals surface area contributed by atoms with E-state index in [1.165, 1.54) is 13.0 Å². The fourth-order valence-corrected chi connectivity index (χ4v) is 3.20. The van der Waals surface area contributed by atoms with Gasteiger partial charge in [-0.15, -0.1) is 12.4 Å². The second kappa shape index (κ2) is 6.62. The highest BCUT2D eigenvalue weighted by atomic mass is 35.5. The minimum atomic E-state index is 0. The molecule has 0 aliphatic carbocycles. The molecule has 116 valence electrons. The molecule has 6 heteroatoms. The number of likely N-dealkylation sites (tertiary alicyclic amines) is 1. The van der Waals surface area contributed by atoms with Gasteiger partial charge in [0, 0.05) is 25.8 Å². The van der Waals surface area contributed by atoms with Crippen LogP contribution in [0, 0.1) is 5.92 Å². The maximum Gasteiger partial charge on any atom is 0.142 e. The van der Waals surface area contributed by atoms with Crippen molar-refractivity contribution >= 4 is 29.3 Å². The molecule has 1 saturated heterocycles. The first-order valence-corrected chi connectivity index (χ1v) is 7.44. The third-order valence-corrected chi connectivity index (χ3v) is 4.61. The van der Waals surface area contributed by atoms with E-state index in [-0.39, 0.29) is 12.4 Å². The third kappa shape index (κ3) is 2.99. The molecule has 0 spiro atoms. The number of halogens is 1. The number of nitrogens with zero attached hydrogens (tertiary/aromatic N) is 4. The van der Waals surface area contributed by atoms with Gasteiger partial charge in [0.2, 0.25) is 0 Å². The van der Waals surface area contributed by atoms with E-state index in [1.54, 1.807) is 6.33 Å². The van der Waals surface area contributed by atoms with Crippen molar-refractivity contribution < 1.29 is 0 Å². The molecule has 3 heterocycles. The summed E-state index contributed by atoms with van der Waals surface area (Å²) in [5, 5.41) is 1.11. The number of hydrogen-bond donors (Lipinski definition) is 1. The Kier molecular flexibility index (Phi) is 5.06. The van der Waals surface area contributed by atoms with E-state index in [0.29, 0.717) is 12.0 Å². The molecule has 0 amide bonds. The van der Waals surface area contributed by atoms with E-state index in [2.05, 4.69) is 51.7 Å². The maximum absolute atomic E-state index is 4.52.